The molecule has 0 aromatic heterocycles. The molecular weight excluding hydrogens is 231 g/mol. The third kappa shape index (κ3) is 3.07. The van der Waals surface area contributed by atoms with Gasteiger partial charge >= 0.3 is 0 Å². The van der Waals surface area contributed by atoms with Crippen LogP contribution in [0.2, 0.25) is 0 Å². The van der Waals surface area contributed by atoms with Gasteiger partial charge in [0, 0.05) is 13.1 Å². The fourth-order valence-electron chi connectivity index (χ4n) is 2.49. The van der Waals surface area contributed by atoms with Crippen molar-refractivity contribution in [3.8, 4) is 0 Å². The summed E-state index contributed by atoms with van der Waals surface area (Å²) in [7, 11) is 1.89. The zero-order valence-electron chi connectivity index (χ0n) is 11.0. The Hall–Kier alpha value is -0.970. The van der Waals surface area contributed by atoms with Gasteiger partial charge in [0.05, 0.1) is 18.8 Å². The predicted octanol–water partition coefficient (Wildman–Crippen LogP) is 1.81. The summed E-state index contributed by atoms with van der Waals surface area (Å²) in [6, 6.07) is 6.77. The highest BCUT2D eigenvalue weighted by Crippen LogP contribution is 2.22. The zero-order valence-corrected chi connectivity index (χ0v) is 11.0. The first-order chi connectivity index (χ1) is 8.74. The number of likely N-dealkylation sites (N-methyl/N-ethyl adjacent to an activating group) is 2. The lowest BCUT2D eigenvalue weighted by Crippen LogP contribution is -2.47. The highest BCUT2D eigenvalue weighted by Gasteiger charge is 2.27. The fourth-order valence-corrected chi connectivity index (χ4v) is 2.49. The molecular formula is C14H21FN2O. The summed E-state index contributed by atoms with van der Waals surface area (Å²) in [5, 5.41) is 3.24. The van der Waals surface area contributed by atoms with Gasteiger partial charge in [-0.3, -0.25) is 4.90 Å². The summed E-state index contributed by atoms with van der Waals surface area (Å²) in [5.74, 6) is -0.198. The predicted molar refractivity (Wildman–Crippen MR) is 70.1 cm³/mol. The average molecular weight is 252 g/mol. The Balaban J connectivity index is 2.12. The van der Waals surface area contributed by atoms with E-state index in [1.54, 1.807) is 12.1 Å². The standard InChI is InChI=1S/C14H21FN2O/c1-3-17-7-8-18-13(10-17)14(16-2)11-5-4-6-12(15)9-11/h4-6,9,13-14,16H,3,7-8,10H2,1-2H3. The average Bonchev–Trinajstić information content (AvgIpc) is 2.40. The number of nitrogens with one attached hydrogen (secondary N) is 1. The molecule has 3 nitrogen and oxygen atoms in total. The molecule has 1 N–H and O–H groups in total. The van der Waals surface area contributed by atoms with Crippen LogP contribution in [0.4, 0.5) is 4.39 Å². The lowest BCUT2D eigenvalue weighted by molar-refractivity contribution is -0.0444. The minimum absolute atomic E-state index is 0.0371. The van der Waals surface area contributed by atoms with Gasteiger partial charge in [-0.25, -0.2) is 4.39 Å². The fraction of sp³-hybridized carbons (Fsp3) is 0.571. The molecule has 0 aliphatic carbocycles. The van der Waals surface area contributed by atoms with E-state index in [-0.39, 0.29) is 18.0 Å². The summed E-state index contributed by atoms with van der Waals surface area (Å²) in [4.78, 5) is 2.36. The van der Waals surface area contributed by atoms with Gasteiger partial charge in [-0.15, -0.1) is 0 Å². The third-order valence-electron chi connectivity index (χ3n) is 3.52. The van der Waals surface area contributed by atoms with Gasteiger partial charge in [-0.05, 0) is 31.3 Å². The number of ether oxygens (including phenoxy) is 1. The first-order valence-corrected chi connectivity index (χ1v) is 6.51. The van der Waals surface area contributed by atoms with E-state index in [2.05, 4.69) is 17.1 Å². The topological polar surface area (TPSA) is 24.5 Å². The van der Waals surface area contributed by atoms with E-state index in [1.807, 2.05) is 13.1 Å². The van der Waals surface area contributed by atoms with Crippen molar-refractivity contribution in [3.05, 3.63) is 35.6 Å². The maximum atomic E-state index is 13.3. The molecule has 4 heteroatoms. The van der Waals surface area contributed by atoms with Crippen molar-refractivity contribution in [2.75, 3.05) is 33.3 Å². The maximum Gasteiger partial charge on any atom is 0.123 e. The molecule has 0 spiro atoms. The number of benzene rings is 1. The molecule has 1 aliphatic heterocycles. The van der Waals surface area contributed by atoms with E-state index >= 15 is 0 Å². The molecule has 0 amide bonds. The summed E-state index contributed by atoms with van der Waals surface area (Å²) in [6.07, 6.45) is 0.0745. The van der Waals surface area contributed by atoms with E-state index < -0.39 is 0 Å². The normalized spacial score (nSPS) is 22.9. The van der Waals surface area contributed by atoms with Gasteiger partial charge in [0.2, 0.25) is 0 Å². The highest BCUT2D eigenvalue weighted by atomic mass is 19.1. The number of nitrogens with zero attached hydrogens (tertiary/aromatic N) is 1. The van der Waals surface area contributed by atoms with Gasteiger partial charge in [-0.1, -0.05) is 19.1 Å². The first-order valence-electron chi connectivity index (χ1n) is 6.51. The lowest BCUT2D eigenvalue weighted by Gasteiger charge is -2.36. The van der Waals surface area contributed by atoms with Gasteiger partial charge in [0.1, 0.15) is 5.82 Å². The van der Waals surface area contributed by atoms with Crippen molar-refractivity contribution < 1.29 is 9.13 Å². The molecule has 18 heavy (non-hydrogen) atoms. The molecule has 1 aromatic rings. The molecule has 0 bridgehead atoms. The van der Waals surface area contributed by atoms with E-state index in [0.717, 1.165) is 31.8 Å². The quantitative estimate of drug-likeness (QED) is 0.884. The monoisotopic (exact) mass is 252 g/mol. The van der Waals surface area contributed by atoms with Crippen LogP contribution in [-0.4, -0.2) is 44.3 Å². The van der Waals surface area contributed by atoms with Gasteiger partial charge < -0.3 is 10.1 Å². The third-order valence-corrected chi connectivity index (χ3v) is 3.52. The molecule has 100 valence electrons. The summed E-state index contributed by atoms with van der Waals surface area (Å²) >= 11 is 0. The van der Waals surface area contributed by atoms with Gasteiger partial charge in [-0.2, -0.15) is 0 Å². The van der Waals surface area contributed by atoms with Crippen molar-refractivity contribution in [1.82, 2.24) is 10.2 Å². The maximum absolute atomic E-state index is 13.3. The molecule has 1 aliphatic rings. The molecule has 2 unspecified atom stereocenters. The van der Waals surface area contributed by atoms with E-state index in [0.29, 0.717) is 0 Å². The number of hydrogen-bond acceptors (Lipinski definition) is 3. The molecule has 1 aromatic carbocycles. The molecule has 1 heterocycles. The second-order valence-corrected chi connectivity index (χ2v) is 4.62. The number of halogens is 1. The minimum atomic E-state index is -0.198. The Bertz CT molecular complexity index is 386. The number of rotatable bonds is 4. The summed E-state index contributed by atoms with van der Waals surface area (Å²) in [5.41, 5.74) is 0.945. The Morgan fingerprint density at radius 3 is 3.06 bits per heavy atom. The van der Waals surface area contributed by atoms with Crippen molar-refractivity contribution in [2.45, 2.75) is 19.1 Å². The Morgan fingerprint density at radius 1 is 1.56 bits per heavy atom. The highest BCUT2D eigenvalue weighted by molar-refractivity contribution is 5.21. The molecule has 0 saturated carbocycles. The van der Waals surface area contributed by atoms with E-state index in [1.165, 1.54) is 6.07 Å². The van der Waals surface area contributed by atoms with E-state index in [9.17, 15) is 4.39 Å². The van der Waals surface area contributed by atoms with Crippen molar-refractivity contribution in [3.63, 3.8) is 0 Å². The first kappa shape index (κ1) is 13.5. The van der Waals surface area contributed by atoms with Crippen molar-refractivity contribution >= 4 is 0 Å². The van der Waals surface area contributed by atoms with Crippen LogP contribution in [0.15, 0.2) is 24.3 Å². The largest absolute Gasteiger partial charge is 0.374 e. The van der Waals surface area contributed by atoms with Crippen LogP contribution in [0.5, 0.6) is 0 Å². The Labute approximate surface area is 108 Å². The van der Waals surface area contributed by atoms with Crippen LogP contribution in [-0.2, 0) is 4.74 Å². The Kier molecular flexibility index (Phi) is 4.69. The molecule has 2 atom stereocenters. The van der Waals surface area contributed by atoms with E-state index in [4.69, 9.17) is 4.74 Å². The number of morpholine rings is 1. The summed E-state index contributed by atoms with van der Waals surface area (Å²) in [6.45, 7) is 5.79. The van der Waals surface area contributed by atoms with Crippen molar-refractivity contribution in [1.29, 1.82) is 0 Å². The molecule has 1 saturated heterocycles. The van der Waals surface area contributed by atoms with Crippen LogP contribution in [0.25, 0.3) is 0 Å². The smallest absolute Gasteiger partial charge is 0.123 e. The van der Waals surface area contributed by atoms with Crippen LogP contribution >= 0.6 is 0 Å². The van der Waals surface area contributed by atoms with Crippen LogP contribution in [0.1, 0.15) is 18.5 Å². The zero-order chi connectivity index (χ0) is 13.0. The second-order valence-electron chi connectivity index (χ2n) is 4.62. The SMILES string of the molecule is CCN1CCOC(C(NC)c2cccc(F)c2)C1. The molecule has 1 fully saturated rings. The molecule has 0 radical (unpaired) electrons. The van der Waals surface area contributed by atoms with Gasteiger partial charge in [0.25, 0.3) is 0 Å². The second kappa shape index (κ2) is 6.27. The van der Waals surface area contributed by atoms with Crippen molar-refractivity contribution in [2.24, 2.45) is 0 Å². The van der Waals surface area contributed by atoms with Crippen LogP contribution in [0.3, 0.4) is 0 Å². The van der Waals surface area contributed by atoms with Gasteiger partial charge in [0.15, 0.2) is 0 Å². The number of hydrogen-bond donors (Lipinski definition) is 1. The summed E-state index contributed by atoms with van der Waals surface area (Å²) < 4.78 is 19.1. The van der Waals surface area contributed by atoms with Crippen LogP contribution in [0, 0.1) is 5.82 Å². The van der Waals surface area contributed by atoms with Crippen LogP contribution < -0.4 is 5.32 Å². The lowest BCUT2D eigenvalue weighted by atomic mass is 10.00. The molecule has 2 rings (SSSR count). The Morgan fingerprint density at radius 2 is 2.39 bits per heavy atom. The minimum Gasteiger partial charge on any atom is -0.374 e.